The highest BCUT2D eigenvalue weighted by atomic mass is 16.5. The number of hydrogen-bond donors (Lipinski definition) is 2. The van der Waals surface area contributed by atoms with Gasteiger partial charge in [-0.1, -0.05) is 6.92 Å². The largest absolute Gasteiger partial charge is 0.390 e. The van der Waals surface area contributed by atoms with Crippen LogP contribution in [0.2, 0.25) is 0 Å². The predicted molar refractivity (Wildman–Crippen MR) is 57.3 cm³/mol. The topological polar surface area (TPSA) is 41.5 Å². The molecular weight excluding hydrogens is 178 g/mol. The highest BCUT2D eigenvalue weighted by Crippen LogP contribution is 2.34. The summed E-state index contributed by atoms with van der Waals surface area (Å²) in [5, 5.41) is 13.6. The van der Waals surface area contributed by atoms with Gasteiger partial charge in [0.15, 0.2) is 0 Å². The third kappa shape index (κ3) is 2.69. The third-order valence-electron chi connectivity index (χ3n) is 3.59. The molecule has 0 spiro atoms. The van der Waals surface area contributed by atoms with Crippen LogP contribution in [0.4, 0.5) is 0 Å². The molecule has 0 aromatic rings. The fourth-order valence-electron chi connectivity index (χ4n) is 2.30. The average Bonchev–Trinajstić information content (AvgIpc) is 2.19. The normalized spacial score (nSPS) is 35.6. The molecule has 0 radical (unpaired) electrons. The van der Waals surface area contributed by atoms with E-state index in [1.807, 2.05) is 7.05 Å². The molecule has 0 saturated heterocycles. The highest BCUT2D eigenvalue weighted by molar-refractivity contribution is 4.91. The summed E-state index contributed by atoms with van der Waals surface area (Å²) < 4.78 is 5.10. The molecule has 1 aliphatic rings. The molecule has 0 aliphatic heterocycles. The lowest BCUT2D eigenvalue weighted by atomic mass is 9.75. The molecule has 0 bridgehead atoms. The minimum Gasteiger partial charge on any atom is -0.390 e. The molecule has 2 N–H and O–H groups in total. The van der Waals surface area contributed by atoms with Crippen LogP contribution in [0, 0.1) is 5.92 Å². The summed E-state index contributed by atoms with van der Waals surface area (Å²) in [7, 11) is 3.69. The zero-order valence-electron chi connectivity index (χ0n) is 9.55. The second kappa shape index (κ2) is 5.10. The van der Waals surface area contributed by atoms with Crippen molar-refractivity contribution in [3.63, 3.8) is 0 Å². The van der Waals surface area contributed by atoms with E-state index in [9.17, 15) is 5.11 Å². The Morgan fingerprint density at radius 1 is 1.50 bits per heavy atom. The van der Waals surface area contributed by atoms with Crippen LogP contribution in [0.3, 0.4) is 0 Å². The molecule has 1 rings (SSSR count). The van der Waals surface area contributed by atoms with Crippen molar-refractivity contribution in [2.24, 2.45) is 5.92 Å². The standard InChI is InChI=1S/C11H23NO2/c1-9(8-14-3)11(13)6-4-10(12-2)5-7-11/h9-10,12-13H,4-8H2,1-3H3. The summed E-state index contributed by atoms with van der Waals surface area (Å²) in [5.74, 6) is 0.241. The van der Waals surface area contributed by atoms with Crippen molar-refractivity contribution in [2.45, 2.75) is 44.2 Å². The first kappa shape index (κ1) is 12.0. The van der Waals surface area contributed by atoms with Gasteiger partial charge in [0.25, 0.3) is 0 Å². The Bertz CT molecular complexity index is 165. The minimum atomic E-state index is -0.497. The maximum Gasteiger partial charge on any atom is 0.0696 e. The number of nitrogens with one attached hydrogen (secondary N) is 1. The van der Waals surface area contributed by atoms with Gasteiger partial charge in [-0.15, -0.1) is 0 Å². The fourth-order valence-corrected chi connectivity index (χ4v) is 2.30. The second-order valence-corrected chi connectivity index (χ2v) is 4.52. The monoisotopic (exact) mass is 201 g/mol. The summed E-state index contributed by atoms with van der Waals surface area (Å²) in [6, 6.07) is 0.588. The van der Waals surface area contributed by atoms with Crippen LogP contribution in [-0.4, -0.2) is 37.5 Å². The Morgan fingerprint density at radius 2 is 2.07 bits per heavy atom. The van der Waals surface area contributed by atoms with E-state index in [-0.39, 0.29) is 5.92 Å². The van der Waals surface area contributed by atoms with Crippen molar-refractivity contribution in [1.82, 2.24) is 5.32 Å². The average molecular weight is 201 g/mol. The van der Waals surface area contributed by atoms with Gasteiger partial charge in [0.2, 0.25) is 0 Å². The molecule has 3 nitrogen and oxygen atoms in total. The van der Waals surface area contributed by atoms with Crippen LogP contribution in [-0.2, 0) is 4.74 Å². The van der Waals surface area contributed by atoms with E-state index in [4.69, 9.17) is 4.74 Å². The molecule has 1 aliphatic carbocycles. The summed E-state index contributed by atoms with van der Waals surface area (Å²) >= 11 is 0. The van der Waals surface area contributed by atoms with Crippen molar-refractivity contribution in [3.8, 4) is 0 Å². The lowest BCUT2D eigenvalue weighted by molar-refractivity contribution is -0.0694. The van der Waals surface area contributed by atoms with E-state index in [2.05, 4.69) is 12.2 Å². The van der Waals surface area contributed by atoms with Gasteiger partial charge in [0.05, 0.1) is 12.2 Å². The second-order valence-electron chi connectivity index (χ2n) is 4.52. The zero-order chi connectivity index (χ0) is 10.6. The van der Waals surface area contributed by atoms with Gasteiger partial charge < -0.3 is 15.2 Å². The quantitative estimate of drug-likeness (QED) is 0.717. The summed E-state index contributed by atoms with van der Waals surface area (Å²) in [5.41, 5.74) is -0.497. The van der Waals surface area contributed by atoms with Crippen molar-refractivity contribution >= 4 is 0 Å². The first-order chi connectivity index (χ1) is 6.62. The molecule has 1 fully saturated rings. The van der Waals surface area contributed by atoms with E-state index in [0.29, 0.717) is 12.6 Å². The summed E-state index contributed by atoms with van der Waals surface area (Å²) in [4.78, 5) is 0. The lowest BCUT2D eigenvalue weighted by Crippen LogP contribution is -2.45. The molecule has 0 heterocycles. The highest BCUT2D eigenvalue weighted by Gasteiger charge is 2.37. The van der Waals surface area contributed by atoms with Crippen molar-refractivity contribution in [3.05, 3.63) is 0 Å². The van der Waals surface area contributed by atoms with Crippen LogP contribution in [0.15, 0.2) is 0 Å². The Labute approximate surface area is 86.8 Å². The van der Waals surface area contributed by atoms with Crippen molar-refractivity contribution < 1.29 is 9.84 Å². The van der Waals surface area contributed by atoms with Gasteiger partial charge >= 0.3 is 0 Å². The maximum atomic E-state index is 10.4. The van der Waals surface area contributed by atoms with Gasteiger partial charge in [0, 0.05) is 19.1 Å². The Balaban J connectivity index is 2.43. The molecular formula is C11H23NO2. The van der Waals surface area contributed by atoms with E-state index in [1.165, 1.54) is 0 Å². The third-order valence-corrected chi connectivity index (χ3v) is 3.59. The molecule has 1 saturated carbocycles. The van der Waals surface area contributed by atoms with Crippen molar-refractivity contribution in [1.29, 1.82) is 0 Å². The molecule has 0 amide bonds. The number of hydrogen-bond acceptors (Lipinski definition) is 3. The van der Waals surface area contributed by atoms with Gasteiger partial charge in [0.1, 0.15) is 0 Å². The lowest BCUT2D eigenvalue weighted by Gasteiger charge is -2.40. The van der Waals surface area contributed by atoms with Gasteiger partial charge in [-0.25, -0.2) is 0 Å². The first-order valence-electron chi connectivity index (χ1n) is 5.51. The first-order valence-corrected chi connectivity index (χ1v) is 5.51. The van der Waals surface area contributed by atoms with E-state index < -0.39 is 5.60 Å². The van der Waals surface area contributed by atoms with E-state index >= 15 is 0 Å². The smallest absolute Gasteiger partial charge is 0.0696 e. The maximum absolute atomic E-state index is 10.4. The van der Waals surface area contributed by atoms with Crippen LogP contribution in [0.1, 0.15) is 32.6 Å². The number of rotatable bonds is 4. The number of aliphatic hydroxyl groups is 1. The van der Waals surface area contributed by atoms with Crippen molar-refractivity contribution in [2.75, 3.05) is 20.8 Å². The minimum absolute atomic E-state index is 0.241. The van der Waals surface area contributed by atoms with Gasteiger partial charge in [-0.3, -0.25) is 0 Å². The Kier molecular flexibility index (Phi) is 4.35. The van der Waals surface area contributed by atoms with Gasteiger partial charge in [-0.05, 0) is 32.7 Å². The molecule has 1 unspecified atom stereocenters. The van der Waals surface area contributed by atoms with E-state index in [1.54, 1.807) is 7.11 Å². The molecule has 84 valence electrons. The molecule has 0 aromatic carbocycles. The number of ether oxygens (including phenoxy) is 1. The van der Waals surface area contributed by atoms with Crippen LogP contribution >= 0.6 is 0 Å². The number of methoxy groups -OCH3 is 1. The SMILES string of the molecule is CNC1CCC(O)(C(C)COC)CC1. The Morgan fingerprint density at radius 3 is 2.50 bits per heavy atom. The summed E-state index contributed by atoms with van der Waals surface area (Å²) in [6.45, 7) is 2.73. The Hall–Kier alpha value is -0.120. The van der Waals surface area contributed by atoms with E-state index in [0.717, 1.165) is 25.7 Å². The molecule has 14 heavy (non-hydrogen) atoms. The van der Waals surface area contributed by atoms with Crippen LogP contribution in [0.5, 0.6) is 0 Å². The van der Waals surface area contributed by atoms with Crippen LogP contribution < -0.4 is 5.32 Å². The van der Waals surface area contributed by atoms with Crippen LogP contribution in [0.25, 0.3) is 0 Å². The molecule has 1 atom stereocenters. The van der Waals surface area contributed by atoms with Gasteiger partial charge in [-0.2, -0.15) is 0 Å². The zero-order valence-corrected chi connectivity index (χ0v) is 9.55. The molecule has 3 heteroatoms. The molecule has 0 aromatic heterocycles. The fraction of sp³-hybridized carbons (Fsp3) is 1.00. The predicted octanol–water partition coefficient (Wildman–Crippen LogP) is 1.16. The summed E-state index contributed by atoms with van der Waals surface area (Å²) in [6.07, 6.45) is 3.92.